The molecule has 2 aliphatic carbocycles. The van der Waals surface area contributed by atoms with Gasteiger partial charge in [0.1, 0.15) is 0 Å². The molecule has 2 saturated carbocycles. The first kappa shape index (κ1) is 8.15. The lowest BCUT2D eigenvalue weighted by Crippen LogP contribution is -2.31. The fourth-order valence-corrected chi connectivity index (χ4v) is 5.16. The van der Waals surface area contributed by atoms with Crippen LogP contribution in [0.5, 0.6) is 0 Å². The second-order valence-corrected chi connectivity index (χ2v) is 6.29. The van der Waals surface area contributed by atoms with E-state index >= 15 is 0 Å². The van der Waals surface area contributed by atoms with Gasteiger partial charge in [-0.25, -0.2) is 0 Å². The first-order chi connectivity index (χ1) is 6.90. The lowest BCUT2D eigenvalue weighted by atomic mass is 9.73. The lowest BCUT2D eigenvalue weighted by molar-refractivity contribution is 0.195. The van der Waals surface area contributed by atoms with E-state index in [-0.39, 0.29) is 0 Å². The van der Waals surface area contributed by atoms with Gasteiger partial charge < -0.3 is 5.32 Å². The molecular formula is C13H21N. The molecule has 6 unspecified atom stereocenters. The molecule has 4 fully saturated rings. The third-order valence-corrected chi connectivity index (χ3v) is 5.69. The summed E-state index contributed by atoms with van der Waals surface area (Å²) in [7, 11) is 0. The summed E-state index contributed by atoms with van der Waals surface area (Å²) in [5.74, 6) is 4.51. The van der Waals surface area contributed by atoms with Crippen molar-refractivity contribution in [2.45, 2.75) is 57.0 Å². The molecule has 1 N–H and O–H groups in total. The number of rotatable bonds is 1. The normalized spacial score (nSPS) is 60.0. The standard InChI is InChI=1S/C13H21N/c1-2-9-5-8(1)6-11(9)12-7-10-3-4-13(12)14-10/h8-14H,1-7H2. The molecule has 0 aromatic rings. The molecule has 2 aliphatic heterocycles. The Labute approximate surface area is 86.6 Å². The Bertz CT molecular complexity index is 224. The van der Waals surface area contributed by atoms with Crippen LogP contribution in [0.25, 0.3) is 0 Å². The van der Waals surface area contributed by atoms with Crippen molar-refractivity contribution in [3.63, 3.8) is 0 Å². The highest BCUT2D eigenvalue weighted by molar-refractivity contribution is 5.04. The van der Waals surface area contributed by atoms with Crippen molar-refractivity contribution in [2.75, 3.05) is 0 Å². The second-order valence-electron chi connectivity index (χ2n) is 6.29. The summed E-state index contributed by atoms with van der Waals surface area (Å²) in [6.45, 7) is 0. The van der Waals surface area contributed by atoms with Crippen molar-refractivity contribution in [1.29, 1.82) is 0 Å². The minimum atomic E-state index is 0.920. The van der Waals surface area contributed by atoms with Gasteiger partial charge in [-0.15, -0.1) is 0 Å². The average molecular weight is 191 g/mol. The van der Waals surface area contributed by atoms with Crippen molar-refractivity contribution in [1.82, 2.24) is 5.32 Å². The van der Waals surface area contributed by atoms with Gasteiger partial charge in [-0.2, -0.15) is 0 Å². The van der Waals surface area contributed by atoms with Gasteiger partial charge in [0.2, 0.25) is 0 Å². The molecule has 6 atom stereocenters. The summed E-state index contributed by atoms with van der Waals surface area (Å²) in [4.78, 5) is 0. The first-order valence-electron chi connectivity index (χ1n) is 6.66. The molecular weight excluding hydrogens is 170 g/mol. The number of nitrogens with one attached hydrogen (secondary N) is 1. The van der Waals surface area contributed by atoms with E-state index in [1.807, 2.05) is 0 Å². The molecule has 78 valence electrons. The van der Waals surface area contributed by atoms with Gasteiger partial charge in [0, 0.05) is 12.1 Å². The van der Waals surface area contributed by atoms with Gasteiger partial charge >= 0.3 is 0 Å². The van der Waals surface area contributed by atoms with Crippen LogP contribution in [0.4, 0.5) is 0 Å². The van der Waals surface area contributed by atoms with E-state index in [0.29, 0.717) is 0 Å². The molecule has 0 aromatic carbocycles. The fraction of sp³-hybridized carbons (Fsp3) is 1.00. The zero-order valence-electron chi connectivity index (χ0n) is 8.91. The first-order valence-corrected chi connectivity index (χ1v) is 6.66. The van der Waals surface area contributed by atoms with E-state index in [1.54, 1.807) is 25.7 Å². The Kier molecular flexibility index (Phi) is 1.60. The summed E-state index contributed by atoms with van der Waals surface area (Å²) < 4.78 is 0. The van der Waals surface area contributed by atoms with E-state index in [9.17, 15) is 0 Å². The van der Waals surface area contributed by atoms with Gasteiger partial charge in [-0.1, -0.05) is 6.42 Å². The smallest absolute Gasteiger partial charge is 0.0102 e. The van der Waals surface area contributed by atoms with Crippen molar-refractivity contribution < 1.29 is 0 Å². The Morgan fingerprint density at radius 1 is 0.786 bits per heavy atom. The van der Waals surface area contributed by atoms with E-state index in [1.165, 1.54) is 19.3 Å². The number of fused-ring (bicyclic) bond motifs is 4. The van der Waals surface area contributed by atoms with Crippen molar-refractivity contribution >= 4 is 0 Å². The minimum absolute atomic E-state index is 0.920. The van der Waals surface area contributed by atoms with Gasteiger partial charge in [-0.05, 0) is 62.2 Å². The quantitative estimate of drug-likeness (QED) is 0.671. The van der Waals surface area contributed by atoms with Crippen LogP contribution >= 0.6 is 0 Å². The molecule has 14 heavy (non-hydrogen) atoms. The Balaban J connectivity index is 1.54. The molecule has 1 heteroatoms. The van der Waals surface area contributed by atoms with Crippen LogP contribution in [-0.4, -0.2) is 12.1 Å². The van der Waals surface area contributed by atoms with Crippen molar-refractivity contribution in [3.05, 3.63) is 0 Å². The van der Waals surface area contributed by atoms with Gasteiger partial charge in [0.15, 0.2) is 0 Å². The average Bonchev–Trinajstić information content (AvgIpc) is 2.96. The van der Waals surface area contributed by atoms with Crippen LogP contribution in [0, 0.1) is 23.7 Å². The zero-order chi connectivity index (χ0) is 9.12. The molecule has 4 aliphatic rings. The van der Waals surface area contributed by atoms with Gasteiger partial charge in [0.25, 0.3) is 0 Å². The molecule has 2 saturated heterocycles. The fourth-order valence-electron chi connectivity index (χ4n) is 5.16. The largest absolute Gasteiger partial charge is 0.311 e. The Hall–Kier alpha value is -0.0400. The summed E-state index contributed by atoms with van der Waals surface area (Å²) in [5, 5.41) is 3.81. The third-order valence-electron chi connectivity index (χ3n) is 5.69. The number of hydrogen-bond acceptors (Lipinski definition) is 1. The van der Waals surface area contributed by atoms with E-state index in [2.05, 4.69) is 5.32 Å². The van der Waals surface area contributed by atoms with Crippen LogP contribution in [0.15, 0.2) is 0 Å². The highest BCUT2D eigenvalue weighted by Gasteiger charge is 2.49. The molecule has 4 rings (SSSR count). The highest BCUT2D eigenvalue weighted by atomic mass is 15.0. The van der Waals surface area contributed by atoms with E-state index in [4.69, 9.17) is 0 Å². The predicted octanol–water partition coefficient (Wildman–Crippen LogP) is 2.56. The second kappa shape index (κ2) is 2.75. The van der Waals surface area contributed by atoms with Crippen molar-refractivity contribution in [3.8, 4) is 0 Å². The van der Waals surface area contributed by atoms with Crippen LogP contribution in [0.1, 0.15) is 44.9 Å². The van der Waals surface area contributed by atoms with Gasteiger partial charge in [0.05, 0.1) is 0 Å². The lowest BCUT2D eigenvalue weighted by Gasteiger charge is -2.32. The SMILES string of the molecule is C1CC2CC1CC2C1CC2CCC1N2. The summed E-state index contributed by atoms with van der Waals surface area (Å²) in [6.07, 6.45) is 10.8. The summed E-state index contributed by atoms with van der Waals surface area (Å²) in [6, 6.07) is 1.86. The highest BCUT2D eigenvalue weighted by Crippen LogP contribution is 2.54. The van der Waals surface area contributed by atoms with E-state index < -0.39 is 0 Å². The Morgan fingerprint density at radius 3 is 2.36 bits per heavy atom. The molecule has 2 heterocycles. The maximum Gasteiger partial charge on any atom is 0.0102 e. The molecule has 0 radical (unpaired) electrons. The van der Waals surface area contributed by atoms with Gasteiger partial charge in [-0.3, -0.25) is 0 Å². The zero-order valence-corrected chi connectivity index (χ0v) is 8.91. The molecule has 0 spiro atoms. The summed E-state index contributed by atoms with van der Waals surface area (Å²) >= 11 is 0. The topological polar surface area (TPSA) is 12.0 Å². The minimum Gasteiger partial charge on any atom is -0.311 e. The van der Waals surface area contributed by atoms with E-state index in [0.717, 1.165) is 35.8 Å². The third kappa shape index (κ3) is 0.997. The van der Waals surface area contributed by atoms with Crippen LogP contribution < -0.4 is 5.32 Å². The van der Waals surface area contributed by atoms with Crippen LogP contribution in [0.2, 0.25) is 0 Å². The maximum absolute atomic E-state index is 3.81. The van der Waals surface area contributed by atoms with Crippen LogP contribution in [-0.2, 0) is 0 Å². The molecule has 0 aromatic heterocycles. The Morgan fingerprint density at radius 2 is 1.79 bits per heavy atom. The monoisotopic (exact) mass is 191 g/mol. The molecule has 0 amide bonds. The van der Waals surface area contributed by atoms with Crippen LogP contribution in [0.3, 0.4) is 0 Å². The molecule has 4 bridgehead atoms. The maximum atomic E-state index is 3.81. The predicted molar refractivity (Wildman–Crippen MR) is 57.0 cm³/mol. The number of hydrogen-bond donors (Lipinski definition) is 1. The van der Waals surface area contributed by atoms with Crippen molar-refractivity contribution in [2.24, 2.45) is 23.7 Å². The summed E-state index contributed by atoms with van der Waals surface area (Å²) in [5.41, 5.74) is 0. The molecule has 1 nitrogen and oxygen atoms in total.